The summed E-state index contributed by atoms with van der Waals surface area (Å²) in [4.78, 5) is 0.220. The second-order valence-electron chi connectivity index (χ2n) is 6.71. The Morgan fingerprint density at radius 3 is 2.33 bits per heavy atom. The molecule has 1 aliphatic heterocycles. The molecule has 0 spiro atoms. The van der Waals surface area contributed by atoms with E-state index in [1.165, 1.54) is 27.8 Å². The molecule has 0 N–H and O–H groups in total. The third-order valence-electron chi connectivity index (χ3n) is 4.15. The largest absolute Gasteiger partial charge is 0.492 e. The molecule has 1 atom stereocenters. The zero-order valence-electron chi connectivity index (χ0n) is 13.0. The summed E-state index contributed by atoms with van der Waals surface area (Å²) in [6.07, 6.45) is 0. The third-order valence-corrected chi connectivity index (χ3v) is 5.21. The van der Waals surface area contributed by atoms with E-state index in [-0.39, 0.29) is 10.2 Å². The van der Waals surface area contributed by atoms with Gasteiger partial charge >= 0.3 is 0 Å². The molecule has 0 radical (unpaired) electrons. The maximum Gasteiger partial charge on any atom is 0.123 e. The predicted octanol–water partition coefficient (Wildman–Crippen LogP) is 5.46. The van der Waals surface area contributed by atoms with Crippen LogP contribution in [0.5, 0.6) is 5.75 Å². The summed E-state index contributed by atoms with van der Waals surface area (Å²) in [5.74, 6) is 1.03. The lowest BCUT2D eigenvalue weighted by molar-refractivity contribution is 0.291. The van der Waals surface area contributed by atoms with Crippen molar-refractivity contribution >= 4 is 15.9 Å². The molecule has 2 aromatic rings. The van der Waals surface area contributed by atoms with Gasteiger partial charge < -0.3 is 4.74 Å². The summed E-state index contributed by atoms with van der Waals surface area (Å²) < 4.78 is 5.78. The van der Waals surface area contributed by atoms with Gasteiger partial charge in [0.05, 0.1) is 11.4 Å². The molecule has 3 rings (SSSR count). The number of ether oxygens (including phenoxy) is 1. The zero-order valence-corrected chi connectivity index (χ0v) is 14.6. The fourth-order valence-electron chi connectivity index (χ4n) is 3.04. The van der Waals surface area contributed by atoms with E-state index < -0.39 is 0 Å². The average Bonchev–Trinajstić information content (AvgIpc) is 2.72. The molecule has 21 heavy (non-hydrogen) atoms. The SMILES string of the molecule is Cc1cc(C)cc(C(Br)c2ccc3c(c2)C(C)(C)CO3)c1. The monoisotopic (exact) mass is 344 g/mol. The van der Waals surface area contributed by atoms with Gasteiger partial charge in [-0.2, -0.15) is 0 Å². The van der Waals surface area contributed by atoms with Crippen LogP contribution in [-0.4, -0.2) is 6.61 Å². The van der Waals surface area contributed by atoms with E-state index in [0.29, 0.717) is 0 Å². The molecule has 0 aliphatic carbocycles. The molecular formula is C19H21BrO. The van der Waals surface area contributed by atoms with Crippen LogP contribution < -0.4 is 4.74 Å². The van der Waals surface area contributed by atoms with E-state index >= 15 is 0 Å². The molecular weight excluding hydrogens is 324 g/mol. The molecule has 110 valence electrons. The highest BCUT2D eigenvalue weighted by atomic mass is 79.9. The molecule has 0 saturated carbocycles. The maximum absolute atomic E-state index is 5.78. The van der Waals surface area contributed by atoms with Crippen LogP contribution in [0, 0.1) is 13.8 Å². The predicted molar refractivity (Wildman–Crippen MR) is 91.6 cm³/mol. The molecule has 1 aliphatic rings. The molecule has 1 unspecified atom stereocenters. The molecule has 0 bridgehead atoms. The van der Waals surface area contributed by atoms with Crippen molar-refractivity contribution in [1.29, 1.82) is 0 Å². The van der Waals surface area contributed by atoms with Gasteiger partial charge in [0.1, 0.15) is 5.75 Å². The van der Waals surface area contributed by atoms with Gasteiger partial charge in [-0.1, -0.05) is 65.2 Å². The minimum Gasteiger partial charge on any atom is -0.492 e. The first-order valence-electron chi connectivity index (χ1n) is 7.36. The van der Waals surface area contributed by atoms with Gasteiger partial charge in [-0.3, -0.25) is 0 Å². The molecule has 1 nitrogen and oxygen atoms in total. The molecule has 2 heteroatoms. The van der Waals surface area contributed by atoms with Crippen LogP contribution >= 0.6 is 15.9 Å². The normalized spacial score (nSPS) is 17.2. The highest BCUT2D eigenvalue weighted by Crippen LogP contribution is 2.42. The van der Waals surface area contributed by atoms with Crippen LogP contribution in [0.1, 0.15) is 46.5 Å². The average molecular weight is 345 g/mol. The Hall–Kier alpha value is -1.28. The second-order valence-corrected chi connectivity index (χ2v) is 7.63. The maximum atomic E-state index is 5.78. The summed E-state index contributed by atoms with van der Waals surface area (Å²) >= 11 is 3.87. The minimum absolute atomic E-state index is 0.0978. The minimum atomic E-state index is 0.0978. The van der Waals surface area contributed by atoms with Gasteiger partial charge in [-0.05, 0) is 37.1 Å². The quantitative estimate of drug-likeness (QED) is 0.657. The van der Waals surface area contributed by atoms with Gasteiger partial charge in [0.25, 0.3) is 0 Å². The van der Waals surface area contributed by atoms with Gasteiger partial charge in [0.15, 0.2) is 0 Å². The molecule has 0 aromatic heterocycles. The number of hydrogen-bond acceptors (Lipinski definition) is 1. The third kappa shape index (κ3) is 2.74. The van der Waals surface area contributed by atoms with Crippen molar-refractivity contribution in [3.63, 3.8) is 0 Å². The Morgan fingerprint density at radius 2 is 1.67 bits per heavy atom. The van der Waals surface area contributed by atoms with E-state index in [9.17, 15) is 0 Å². The number of alkyl halides is 1. The van der Waals surface area contributed by atoms with Gasteiger partial charge in [0.2, 0.25) is 0 Å². The van der Waals surface area contributed by atoms with Crippen LogP contribution in [0.2, 0.25) is 0 Å². The lowest BCUT2D eigenvalue weighted by Crippen LogP contribution is -2.18. The summed E-state index contributed by atoms with van der Waals surface area (Å²) in [6, 6.07) is 13.3. The molecule has 0 saturated heterocycles. The standard InChI is InChI=1S/C19H21BrO/c1-12-7-13(2)9-15(8-12)18(20)14-5-6-17-16(10-14)19(3,4)11-21-17/h5-10,18H,11H2,1-4H3. The van der Waals surface area contributed by atoms with Gasteiger partial charge in [-0.15, -0.1) is 0 Å². The first-order chi connectivity index (χ1) is 9.87. The van der Waals surface area contributed by atoms with Crippen molar-refractivity contribution in [3.05, 3.63) is 64.2 Å². The van der Waals surface area contributed by atoms with E-state index in [4.69, 9.17) is 4.74 Å². The van der Waals surface area contributed by atoms with E-state index in [1.807, 2.05) is 0 Å². The summed E-state index contributed by atoms with van der Waals surface area (Å²) in [5, 5.41) is 0. The number of hydrogen-bond donors (Lipinski definition) is 0. The highest BCUT2D eigenvalue weighted by molar-refractivity contribution is 9.09. The Bertz CT molecular complexity index is 668. The van der Waals surface area contributed by atoms with E-state index in [0.717, 1.165) is 12.4 Å². The Balaban J connectivity index is 2.01. The van der Waals surface area contributed by atoms with Crippen LogP contribution in [0.4, 0.5) is 0 Å². The number of fused-ring (bicyclic) bond motifs is 1. The number of benzene rings is 2. The van der Waals surface area contributed by atoms with Crippen molar-refractivity contribution in [3.8, 4) is 5.75 Å². The van der Waals surface area contributed by atoms with Crippen LogP contribution in [0.3, 0.4) is 0 Å². The zero-order chi connectivity index (χ0) is 15.2. The summed E-state index contributed by atoms with van der Waals surface area (Å²) in [5.41, 5.74) is 6.62. The van der Waals surface area contributed by atoms with E-state index in [1.54, 1.807) is 0 Å². The Labute approximate surface area is 135 Å². The van der Waals surface area contributed by atoms with Crippen molar-refractivity contribution in [2.24, 2.45) is 0 Å². The first-order valence-corrected chi connectivity index (χ1v) is 8.28. The molecule has 2 aromatic carbocycles. The fraction of sp³-hybridized carbons (Fsp3) is 0.368. The van der Waals surface area contributed by atoms with Crippen LogP contribution in [0.25, 0.3) is 0 Å². The number of aryl methyl sites for hydroxylation is 2. The number of halogens is 1. The Morgan fingerprint density at radius 1 is 1.00 bits per heavy atom. The molecule has 1 heterocycles. The van der Waals surface area contributed by atoms with E-state index in [2.05, 4.69) is 80.0 Å². The molecule has 0 fully saturated rings. The fourth-order valence-corrected chi connectivity index (χ4v) is 3.59. The van der Waals surface area contributed by atoms with Crippen molar-refractivity contribution in [2.75, 3.05) is 6.61 Å². The smallest absolute Gasteiger partial charge is 0.123 e. The number of rotatable bonds is 2. The second kappa shape index (κ2) is 5.17. The summed E-state index contributed by atoms with van der Waals surface area (Å²) in [7, 11) is 0. The first kappa shape index (κ1) is 14.6. The molecule has 0 amide bonds. The van der Waals surface area contributed by atoms with Crippen LogP contribution in [0.15, 0.2) is 36.4 Å². The van der Waals surface area contributed by atoms with Crippen molar-refractivity contribution < 1.29 is 4.74 Å². The highest BCUT2D eigenvalue weighted by Gasteiger charge is 2.32. The lowest BCUT2D eigenvalue weighted by atomic mass is 9.85. The summed E-state index contributed by atoms with van der Waals surface area (Å²) in [6.45, 7) is 9.54. The van der Waals surface area contributed by atoms with Gasteiger partial charge in [-0.25, -0.2) is 0 Å². The van der Waals surface area contributed by atoms with Crippen molar-refractivity contribution in [2.45, 2.75) is 37.9 Å². The lowest BCUT2D eigenvalue weighted by Gasteiger charge is -2.18. The topological polar surface area (TPSA) is 9.23 Å². The van der Waals surface area contributed by atoms with Crippen molar-refractivity contribution in [1.82, 2.24) is 0 Å². The van der Waals surface area contributed by atoms with Crippen LogP contribution in [-0.2, 0) is 5.41 Å². The Kier molecular flexibility index (Phi) is 3.61. The van der Waals surface area contributed by atoms with Gasteiger partial charge in [0, 0.05) is 11.0 Å².